The second kappa shape index (κ2) is 7.92. The van der Waals surface area contributed by atoms with Crippen LogP contribution in [0.4, 0.5) is 0 Å². The molecule has 0 bridgehead atoms. The maximum atomic E-state index is 12.1. The lowest BCUT2D eigenvalue weighted by Gasteiger charge is -2.21. The zero-order valence-electron chi connectivity index (χ0n) is 12.1. The highest BCUT2D eigenvalue weighted by atomic mass is 16.5. The lowest BCUT2D eigenvalue weighted by atomic mass is 10.1. The lowest BCUT2D eigenvalue weighted by molar-refractivity contribution is -0.132. The summed E-state index contributed by atoms with van der Waals surface area (Å²) in [6.07, 6.45) is 1.46. The molecule has 0 aliphatic carbocycles. The Morgan fingerprint density at radius 1 is 1.47 bits per heavy atom. The van der Waals surface area contributed by atoms with E-state index in [1.807, 2.05) is 25.1 Å². The maximum absolute atomic E-state index is 12.1. The van der Waals surface area contributed by atoms with Crippen LogP contribution < -0.4 is 5.73 Å². The number of benzene rings is 1. The minimum atomic E-state index is -0.440. The summed E-state index contributed by atoms with van der Waals surface area (Å²) in [5.74, 6) is -0.0161. The van der Waals surface area contributed by atoms with Gasteiger partial charge in [0.15, 0.2) is 0 Å². The molecule has 1 rings (SSSR count). The van der Waals surface area contributed by atoms with Crippen LogP contribution in [0.1, 0.15) is 24.0 Å². The molecule has 0 spiro atoms. The zero-order chi connectivity index (χ0) is 14.3. The van der Waals surface area contributed by atoms with Crippen molar-refractivity contribution in [3.8, 4) is 0 Å². The topological polar surface area (TPSA) is 55.6 Å². The molecule has 0 aliphatic heterocycles. The van der Waals surface area contributed by atoms with Crippen LogP contribution in [0.2, 0.25) is 0 Å². The molecular formula is C15H24N2O2. The van der Waals surface area contributed by atoms with Gasteiger partial charge in [0.1, 0.15) is 0 Å². The first-order valence-corrected chi connectivity index (χ1v) is 6.59. The Labute approximate surface area is 115 Å². The smallest absolute Gasteiger partial charge is 0.239 e. The van der Waals surface area contributed by atoms with E-state index in [0.717, 1.165) is 12.0 Å². The summed E-state index contributed by atoms with van der Waals surface area (Å²) in [4.78, 5) is 13.8. The van der Waals surface area contributed by atoms with Crippen LogP contribution in [-0.2, 0) is 16.1 Å². The Bertz CT molecular complexity index is 407. The summed E-state index contributed by atoms with van der Waals surface area (Å²) in [7, 11) is 3.44. The van der Waals surface area contributed by atoms with Crippen LogP contribution in [0.15, 0.2) is 24.3 Å². The number of carbonyl (C=O) groups is 1. The maximum Gasteiger partial charge on any atom is 0.239 e. The van der Waals surface area contributed by atoms with Crippen LogP contribution in [0.25, 0.3) is 0 Å². The molecule has 0 saturated heterocycles. The minimum absolute atomic E-state index is 0.0161. The van der Waals surface area contributed by atoms with Gasteiger partial charge in [0.05, 0.1) is 6.04 Å². The van der Waals surface area contributed by atoms with E-state index in [-0.39, 0.29) is 5.91 Å². The molecule has 0 aliphatic rings. The average molecular weight is 264 g/mol. The van der Waals surface area contributed by atoms with Crippen molar-refractivity contribution in [1.29, 1.82) is 0 Å². The van der Waals surface area contributed by atoms with Gasteiger partial charge in [-0.15, -0.1) is 0 Å². The normalized spacial score (nSPS) is 12.2. The highest BCUT2D eigenvalue weighted by Crippen LogP contribution is 2.08. The highest BCUT2D eigenvalue weighted by molar-refractivity contribution is 5.81. The molecule has 106 valence electrons. The van der Waals surface area contributed by atoms with Gasteiger partial charge < -0.3 is 15.4 Å². The number of ether oxygens (including phenoxy) is 1. The molecule has 4 nitrogen and oxygen atoms in total. The number of aryl methyl sites for hydroxylation is 1. The van der Waals surface area contributed by atoms with E-state index >= 15 is 0 Å². The molecule has 0 radical (unpaired) electrons. The Balaban J connectivity index is 2.48. The van der Waals surface area contributed by atoms with Gasteiger partial charge in [-0.05, 0) is 25.3 Å². The standard InChI is InChI=1S/C15H24N2O2/c1-12-6-4-7-13(10-12)11-17(2)15(18)14(16)8-5-9-19-3/h4,6-7,10,14H,5,8-9,11,16H2,1-3H3. The minimum Gasteiger partial charge on any atom is -0.385 e. The number of rotatable bonds is 7. The number of hydrogen-bond donors (Lipinski definition) is 1. The third-order valence-corrected chi connectivity index (χ3v) is 3.06. The van der Waals surface area contributed by atoms with Crippen LogP contribution >= 0.6 is 0 Å². The Morgan fingerprint density at radius 2 is 2.21 bits per heavy atom. The average Bonchev–Trinajstić information content (AvgIpc) is 2.38. The van der Waals surface area contributed by atoms with Gasteiger partial charge >= 0.3 is 0 Å². The van der Waals surface area contributed by atoms with E-state index in [0.29, 0.717) is 19.6 Å². The van der Waals surface area contributed by atoms with Gasteiger partial charge in [0.2, 0.25) is 5.91 Å². The predicted octanol–water partition coefficient (Wildman–Crippen LogP) is 1.71. The summed E-state index contributed by atoms with van der Waals surface area (Å²) < 4.78 is 4.96. The Kier molecular flexibility index (Phi) is 6.53. The quantitative estimate of drug-likeness (QED) is 0.763. The van der Waals surface area contributed by atoms with Crippen molar-refractivity contribution in [3.05, 3.63) is 35.4 Å². The number of amides is 1. The number of hydrogen-bond acceptors (Lipinski definition) is 3. The second-order valence-corrected chi connectivity index (χ2v) is 4.92. The molecule has 0 aromatic heterocycles. The van der Waals surface area contributed by atoms with Gasteiger partial charge in [-0.1, -0.05) is 29.8 Å². The number of carbonyl (C=O) groups excluding carboxylic acids is 1. The van der Waals surface area contributed by atoms with E-state index in [9.17, 15) is 4.79 Å². The van der Waals surface area contributed by atoms with Crippen molar-refractivity contribution in [2.24, 2.45) is 5.73 Å². The van der Waals surface area contributed by atoms with Gasteiger partial charge in [-0.2, -0.15) is 0 Å². The number of nitrogens with two attached hydrogens (primary N) is 1. The van der Waals surface area contributed by atoms with E-state index in [2.05, 4.69) is 6.07 Å². The number of likely N-dealkylation sites (N-methyl/N-ethyl adjacent to an activating group) is 1. The number of nitrogens with zero attached hydrogens (tertiary/aromatic N) is 1. The van der Waals surface area contributed by atoms with Crippen LogP contribution in [0.5, 0.6) is 0 Å². The van der Waals surface area contributed by atoms with Crippen LogP contribution in [0.3, 0.4) is 0 Å². The highest BCUT2D eigenvalue weighted by Gasteiger charge is 2.17. The summed E-state index contributed by atoms with van der Waals surface area (Å²) in [5.41, 5.74) is 8.22. The summed E-state index contributed by atoms with van der Waals surface area (Å²) in [6, 6.07) is 7.71. The second-order valence-electron chi connectivity index (χ2n) is 4.92. The van der Waals surface area contributed by atoms with E-state index in [4.69, 9.17) is 10.5 Å². The molecule has 1 unspecified atom stereocenters. The molecule has 2 N–H and O–H groups in total. The van der Waals surface area contributed by atoms with Gasteiger partial charge in [0, 0.05) is 27.3 Å². The van der Waals surface area contributed by atoms with Crippen LogP contribution in [0, 0.1) is 6.92 Å². The van der Waals surface area contributed by atoms with Crippen molar-refractivity contribution in [1.82, 2.24) is 4.90 Å². The fraction of sp³-hybridized carbons (Fsp3) is 0.533. The van der Waals surface area contributed by atoms with Crippen molar-refractivity contribution in [2.75, 3.05) is 20.8 Å². The molecule has 4 heteroatoms. The van der Waals surface area contributed by atoms with E-state index in [1.54, 1.807) is 19.1 Å². The fourth-order valence-electron chi connectivity index (χ4n) is 2.02. The predicted molar refractivity (Wildman–Crippen MR) is 76.7 cm³/mol. The molecule has 1 atom stereocenters. The first kappa shape index (κ1) is 15.7. The number of methoxy groups -OCH3 is 1. The van der Waals surface area contributed by atoms with Crippen molar-refractivity contribution in [3.63, 3.8) is 0 Å². The zero-order valence-corrected chi connectivity index (χ0v) is 12.1. The van der Waals surface area contributed by atoms with Gasteiger partial charge in [-0.25, -0.2) is 0 Å². The van der Waals surface area contributed by atoms with Crippen LogP contribution in [-0.4, -0.2) is 37.6 Å². The van der Waals surface area contributed by atoms with E-state index < -0.39 is 6.04 Å². The third kappa shape index (κ3) is 5.41. The van der Waals surface area contributed by atoms with Crippen molar-refractivity contribution >= 4 is 5.91 Å². The summed E-state index contributed by atoms with van der Waals surface area (Å²) in [6.45, 7) is 3.28. The van der Waals surface area contributed by atoms with E-state index in [1.165, 1.54) is 5.56 Å². The molecule has 0 saturated carbocycles. The first-order chi connectivity index (χ1) is 9.04. The monoisotopic (exact) mass is 264 g/mol. The SMILES string of the molecule is COCCCC(N)C(=O)N(C)Cc1cccc(C)c1. The Hall–Kier alpha value is -1.39. The largest absolute Gasteiger partial charge is 0.385 e. The molecule has 19 heavy (non-hydrogen) atoms. The van der Waals surface area contributed by atoms with Crippen molar-refractivity contribution in [2.45, 2.75) is 32.4 Å². The van der Waals surface area contributed by atoms with Gasteiger partial charge in [0.25, 0.3) is 0 Å². The first-order valence-electron chi connectivity index (χ1n) is 6.59. The molecule has 0 fully saturated rings. The van der Waals surface area contributed by atoms with Gasteiger partial charge in [-0.3, -0.25) is 4.79 Å². The third-order valence-electron chi connectivity index (χ3n) is 3.06. The fourth-order valence-corrected chi connectivity index (χ4v) is 2.02. The molecule has 1 amide bonds. The van der Waals surface area contributed by atoms with Crippen molar-refractivity contribution < 1.29 is 9.53 Å². The summed E-state index contributed by atoms with van der Waals surface area (Å²) in [5, 5.41) is 0. The molecule has 1 aromatic carbocycles. The molecule has 0 heterocycles. The summed E-state index contributed by atoms with van der Waals surface area (Å²) >= 11 is 0. The molecular weight excluding hydrogens is 240 g/mol. The lowest BCUT2D eigenvalue weighted by Crippen LogP contribution is -2.41. The molecule has 1 aromatic rings. The Morgan fingerprint density at radius 3 is 2.84 bits per heavy atom.